The van der Waals surface area contributed by atoms with Crippen molar-refractivity contribution in [1.82, 2.24) is 10.6 Å². The number of methoxy groups -OCH3 is 1. The van der Waals surface area contributed by atoms with E-state index in [0.29, 0.717) is 22.4 Å². The first-order valence-corrected chi connectivity index (χ1v) is 8.20. The van der Waals surface area contributed by atoms with Gasteiger partial charge >= 0.3 is 6.03 Å². The first-order chi connectivity index (χ1) is 10.6. The van der Waals surface area contributed by atoms with Gasteiger partial charge in [0, 0.05) is 23.6 Å². The van der Waals surface area contributed by atoms with Gasteiger partial charge in [-0.05, 0) is 29.8 Å². The first-order valence-electron chi connectivity index (χ1n) is 6.62. The van der Waals surface area contributed by atoms with Crippen LogP contribution in [0.2, 0.25) is 9.36 Å². The van der Waals surface area contributed by atoms with E-state index in [9.17, 15) is 4.79 Å². The molecule has 0 fully saturated rings. The lowest BCUT2D eigenvalue weighted by atomic mass is 10.2. The van der Waals surface area contributed by atoms with Crippen LogP contribution in [0, 0.1) is 0 Å². The second-order valence-electron chi connectivity index (χ2n) is 4.56. The molecule has 0 saturated heterocycles. The summed E-state index contributed by atoms with van der Waals surface area (Å²) in [5, 5.41) is 6.24. The average molecular weight is 359 g/mol. The Hall–Kier alpha value is -1.27. The van der Waals surface area contributed by atoms with Gasteiger partial charge in [-0.2, -0.15) is 0 Å². The number of nitrogens with one attached hydrogen (secondary N) is 2. The number of amides is 2. The summed E-state index contributed by atoms with van der Waals surface area (Å²) >= 11 is 13.2. The maximum Gasteiger partial charge on any atom is 0.315 e. The second-order valence-corrected chi connectivity index (χ2v) is 6.74. The maximum atomic E-state index is 11.8. The van der Waals surface area contributed by atoms with E-state index >= 15 is 0 Å². The Kier molecular flexibility index (Phi) is 6.51. The van der Waals surface area contributed by atoms with Crippen molar-refractivity contribution in [1.29, 1.82) is 0 Å². The molecule has 0 radical (unpaired) electrons. The van der Waals surface area contributed by atoms with Crippen molar-refractivity contribution in [3.8, 4) is 0 Å². The van der Waals surface area contributed by atoms with Crippen molar-refractivity contribution >= 4 is 40.6 Å². The van der Waals surface area contributed by atoms with Crippen LogP contribution in [0.3, 0.4) is 0 Å². The van der Waals surface area contributed by atoms with Crippen LogP contribution in [0.25, 0.3) is 0 Å². The van der Waals surface area contributed by atoms with Crippen molar-refractivity contribution in [2.75, 3.05) is 13.7 Å². The van der Waals surface area contributed by atoms with Crippen LogP contribution in [0.1, 0.15) is 16.5 Å². The fraction of sp³-hybridized carbons (Fsp3) is 0.267. The Bertz CT molecular complexity index is 616. The van der Waals surface area contributed by atoms with E-state index in [0.717, 1.165) is 10.4 Å². The average Bonchev–Trinajstić information content (AvgIpc) is 2.94. The number of ether oxygens (including phenoxy) is 1. The molecule has 2 N–H and O–H groups in total. The number of carbonyl (C=O) groups excluding carboxylic acids is 1. The van der Waals surface area contributed by atoms with E-state index in [1.165, 1.54) is 11.3 Å². The Morgan fingerprint density at radius 1 is 1.18 bits per heavy atom. The standard InChI is InChI=1S/C15H16Cl2N2O2S/c1-21-12(13-6-7-14(17)22-13)9-19-15(20)18-8-10-2-4-11(16)5-3-10/h2-7,12H,8-9H2,1H3,(H2,18,19,20). The number of urea groups is 1. The van der Waals surface area contributed by atoms with Crippen LogP contribution in [0.4, 0.5) is 4.79 Å². The summed E-state index contributed by atoms with van der Waals surface area (Å²) in [7, 11) is 1.60. The van der Waals surface area contributed by atoms with Crippen LogP contribution in [-0.4, -0.2) is 19.7 Å². The number of carbonyl (C=O) groups is 1. The highest BCUT2D eigenvalue weighted by atomic mass is 35.5. The molecule has 2 amide bonds. The molecule has 4 nitrogen and oxygen atoms in total. The molecule has 7 heteroatoms. The topological polar surface area (TPSA) is 50.4 Å². The molecule has 1 aromatic heterocycles. The summed E-state index contributed by atoms with van der Waals surface area (Å²) < 4.78 is 6.07. The molecule has 1 aromatic carbocycles. The molecule has 1 unspecified atom stereocenters. The minimum atomic E-state index is -0.250. The summed E-state index contributed by atoms with van der Waals surface area (Å²) in [5.74, 6) is 0. The summed E-state index contributed by atoms with van der Waals surface area (Å²) in [6.07, 6.45) is -0.209. The third-order valence-corrected chi connectivity index (χ3v) is 4.59. The SMILES string of the molecule is COC(CNC(=O)NCc1ccc(Cl)cc1)c1ccc(Cl)s1. The van der Waals surface area contributed by atoms with Crippen LogP contribution < -0.4 is 10.6 Å². The zero-order valence-electron chi connectivity index (χ0n) is 11.9. The van der Waals surface area contributed by atoms with Crippen LogP contribution in [0.5, 0.6) is 0 Å². The lowest BCUT2D eigenvalue weighted by Gasteiger charge is -2.15. The molecule has 0 aliphatic rings. The molecule has 0 saturated carbocycles. The van der Waals surface area contributed by atoms with Gasteiger partial charge in [0.05, 0.1) is 10.9 Å². The van der Waals surface area contributed by atoms with Gasteiger partial charge < -0.3 is 15.4 Å². The lowest BCUT2D eigenvalue weighted by Crippen LogP contribution is -2.37. The van der Waals surface area contributed by atoms with Gasteiger partial charge in [-0.25, -0.2) is 4.79 Å². The van der Waals surface area contributed by atoms with Gasteiger partial charge in [-0.15, -0.1) is 11.3 Å². The van der Waals surface area contributed by atoms with Gasteiger partial charge in [0.1, 0.15) is 6.10 Å². The number of halogens is 2. The predicted molar refractivity (Wildman–Crippen MR) is 90.8 cm³/mol. The highest BCUT2D eigenvalue weighted by Gasteiger charge is 2.14. The number of hydrogen-bond acceptors (Lipinski definition) is 3. The quantitative estimate of drug-likeness (QED) is 0.811. The zero-order valence-corrected chi connectivity index (χ0v) is 14.3. The molecular weight excluding hydrogens is 343 g/mol. The number of benzene rings is 1. The van der Waals surface area contributed by atoms with E-state index in [2.05, 4.69) is 10.6 Å². The minimum Gasteiger partial charge on any atom is -0.374 e. The van der Waals surface area contributed by atoms with Crippen molar-refractivity contribution in [3.63, 3.8) is 0 Å². The molecule has 0 bridgehead atoms. The smallest absolute Gasteiger partial charge is 0.315 e. The Labute approximate surface area is 143 Å². The van der Waals surface area contributed by atoms with Crippen LogP contribution in [0.15, 0.2) is 36.4 Å². The monoisotopic (exact) mass is 358 g/mol. The Balaban J connectivity index is 1.78. The van der Waals surface area contributed by atoms with E-state index in [1.807, 2.05) is 24.3 Å². The number of hydrogen-bond donors (Lipinski definition) is 2. The molecule has 1 heterocycles. The first kappa shape index (κ1) is 17.1. The fourth-order valence-corrected chi connectivity index (χ4v) is 3.10. The molecule has 0 aliphatic heterocycles. The van der Waals surface area contributed by atoms with Crippen LogP contribution in [-0.2, 0) is 11.3 Å². The van der Waals surface area contributed by atoms with Crippen molar-refractivity contribution in [2.24, 2.45) is 0 Å². The number of thiophene rings is 1. The third kappa shape index (κ3) is 5.18. The normalized spacial score (nSPS) is 12.0. The molecular formula is C15H16Cl2N2O2S. The van der Waals surface area contributed by atoms with E-state index in [1.54, 1.807) is 19.2 Å². The number of rotatable bonds is 6. The second kappa shape index (κ2) is 8.39. The lowest BCUT2D eigenvalue weighted by molar-refractivity contribution is 0.107. The van der Waals surface area contributed by atoms with Crippen molar-refractivity contribution < 1.29 is 9.53 Å². The zero-order chi connectivity index (χ0) is 15.9. The van der Waals surface area contributed by atoms with Gasteiger partial charge in [-0.3, -0.25) is 0 Å². The van der Waals surface area contributed by atoms with Gasteiger partial charge in [0.25, 0.3) is 0 Å². The minimum absolute atomic E-state index is 0.209. The summed E-state index contributed by atoms with van der Waals surface area (Å²) in [4.78, 5) is 12.8. The Morgan fingerprint density at radius 2 is 1.91 bits per heavy atom. The van der Waals surface area contributed by atoms with Crippen LogP contribution >= 0.6 is 34.5 Å². The largest absolute Gasteiger partial charge is 0.374 e. The fourth-order valence-electron chi connectivity index (χ4n) is 1.83. The highest BCUT2D eigenvalue weighted by molar-refractivity contribution is 7.16. The summed E-state index contributed by atoms with van der Waals surface area (Å²) in [5.41, 5.74) is 0.980. The molecule has 0 spiro atoms. The summed E-state index contributed by atoms with van der Waals surface area (Å²) in [6.45, 7) is 0.811. The molecule has 1 atom stereocenters. The molecule has 2 rings (SSSR count). The van der Waals surface area contributed by atoms with E-state index in [-0.39, 0.29) is 12.1 Å². The van der Waals surface area contributed by atoms with E-state index < -0.39 is 0 Å². The van der Waals surface area contributed by atoms with Gasteiger partial charge in [0.15, 0.2) is 0 Å². The molecule has 22 heavy (non-hydrogen) atoms. The maximum absolute atomic E-state index is 11.8. The van der Waals surface area contributed by atoms with Gasteiger partial charge in [-0.1, -0.05) is 35.3 Å². The highest BCUT2D eigenvalue weighted by Crippen LogP contribution is 2.28. The van der Waals surface area contributed by atoms with Gasteiger partial charge in [0.2, 0.25) is 0 Å². The Morgan fingerprint density at radius 3 is 2.50 bits per heavy atom. The third-order valence-electron chi connectivity index (χ3n) is 3.01. The van der Waals surface area contributed by atoms with E-state index in [4.69, 9.17) is 27.9 Å². The summed E-state index contributed by atoms with van der Waals surface area (Å²) in [6, 6.07) is 10.8. The predicted octanol–water partition coefficient (Wildman–Crippen LogP) is 4.24. The molecule has 118 valence electrons. The van der Waals surface area contributed by atoms with Crippen molar-refractivity contribution in [2.45, 2.75) is 12.6 Å². The molecule has 0 aliphatic carbocycles. The molecule has 2 aromatic rings. The van der Waals surface area contributed by atoms with Crippen molar-refractivity contribution in [3.05, 3.63) is 56.2 Å².